The topological polar surface area (TPSA) is 279 Å². The van der Waals surface area contributed by atoms with Crippen LogP contribution in [0.15, 0.2) is 140 Å². The lowest BCUT2D eigenvalue weighted by molar-refractivity contribution is -0.122. The maximum absolute atomic E-state index is 14.5. The highest BCUT2D eigenvalue weighted by Gasteiger charge is 2.40. The van der Waals surface area contributed by atoms with Crippen LogP contribution in [0, 0.1) is 0 Å². The Labute approximate surface area is 825 Å². The largest absolute Gasteiger partial charge is 0.449 e. The molecule has 0 spiro atoms. The SMILES string of the molecule is CN1Cc2c(Cl)cc(Cl)cc2C(c2ccc3c(c2)C(=O)N(CCOCCOCCOCCNC(=O)CCC(CCC(=O)NCCOCCOCCOCCN2Cc4ccc(C5CN(C)Cc6c(Cl)cc(Cl)cc65)cc4C2=O)(CCC(=O)NCCOCCOCCOCCN2Cc4ccc(C5CN(C)Cc6c(Cl)cc(Cl)cc65)cc4C2=O)NC(=O)OCC2c4ccccc4-c4ccccc42)C3)C1. The molecule has 136 heavy (non-hydrogen) atoms. The fourth-order valence-electron chi connectivity index (χ4n) is 19.4. The minimum atomic E-state index is -1.32. The number of alkyl carbamates (subject to hydrolysis) is 1. The highest BCUT2D eigenvalue weighted by atomic mass is 35.5. The summed E-state index contributed by atoms with van der Waals surface area (Å²) in [4.78, 5) is 109. The van der Waals surface area contributed by atoms with E-state index in [1.54, 1.807) is 32.9 Å². The molecule has 7 amide bonds. The number of benzene rings is 8. The first-order valence-corrected chi connectivity index (χ1v) is 49.2. The summed E-state index contributed by atoms with van der Waals surface area (Å²) in [6, 6.07) is 45.7. The number of hydrogen-bond donors (Lipinski definition) is 4. The molecule has 1 aliphatic carbocycles. The van der Waals surface area contributed by atoms with E-state index in [0.717, 1.165) is 128 Å². The van der Waals surface area contributed by atoms with Crippen LogP contribution in [0.2, 0.25) is 30.1 Å². The van der Waals surface area contributed by atoms with E-state index < -0.39 is 11.6 Å². The zero-order valence-corrected chi connectivity index (χ0v) is 81.8. The Kier molecular flexibility index (Phi) is 36.8. The third-order valence-corrected chi connectivity index (χ3v) is 28.0. The number of amides is 7. The normalized spacial score (nSPS) is 17.2. The molecule has 6 aliphatic heterocycles. The molecule has 0 aromatic heterocycles. The van der Waals surface area contributed by atoms with Gasteiger partial charge in [-0.05, 0) is 184 Å². The molecule has 33 heteroatoms. The number of fused-ring (bicyclic) bond motifs is 9. The maximum atomic E-state index is 14.5. The minimum Gasteiger partial charge on any atom is -0.449 e. The molecule has 0 saturated carbocycles. The van der Waals surface area contributed by atoms with Crippen LogP contribution in [0.1, 0.15) is 171 Å². The van der Waals surface area contributed by atoms with Crippen LogP contribution in [0.25, 0.3) is 11.1 Å². The van der Waals surface area contributed by atoms with E-state index in [1.165, 1.54) is 0 Å². The van der Waals surface area contributed by atoms with Gasteiger partial charge in [0.1, 0.15) is 6.61 Å². The van der Waals surface area contributed by atoms with Crippen LogP contribution >= 0.6 is 69.6 Å². The monoisotopic (exact) mass is 1980 g/mol. The van der Waals surface area contributed by atoms with Crippen molar-refractivity contribution >= 4 is 111 Å². The van der Waals surface area contributed by atoms with Crippen molar-refractivity contribution in [1.29, 1.82) is 0 Å². The summed E-state index contributed by atoms with van der Waals surface area (Å²) in [6.45, 7) is 12.6. The van der Waals surface area contributed by atoms with Crippen LogP contribution < -0.4 is 21.3 Å². The fraction of sp³-hybridized carbons (Fsp3) is 0.466. The van der Waals surface area contributed by atoms with E-state index in [9.17, 15) is 33.6 Å². The third kappa shape index (κ3) is 26.6. The zero-order chi connectivity index (χ0) is 95.2. The van der Waals surface area contributed by atoms with E-state index in [1.807, 2.05) is 103 Å². The fourth-order valence-corrected chi connectivity index (χ4v) is 21.1. The van der Waals surface area contributed by atoms with E-state index in [4.69, 9.17) is 117 Å². The van der Waals surface area contributed by atoms with Gasteiger partial charge in [-0.25, -0.2) is 4.79 Å². The van der Waals surface area contributed by atoms with E-state index in [0.29, 0.717) is 146 Å². The number of carbonyl (C=O) groups excluding carboxylic acids is 7. The Bertz CT molecular complexity index is 5080. The molecule has 3 atom stereocenters. The number of ether oxygens (including phenoxy) is 10. The molecular formula is C103H120Cl6N10O17. The van der Waals surface area contributed by atoms with Gasteiger partial charge in [0.05, 0.1) is 119 Å². The number of likely N-dealkylation sites (N-methyl/N-ethyl adjacent to an activating group) is 3. The molecule has 0 saturated heterocycles. The second kappa shape index (κ2) is 49.3. The van der Waals surface area contributed by atoms with Gasteiger partial charge >= 0.3 is 6.09 Å². The number of nitrogens with one attached hydrogen (secondary N) is 4. The van der Waals surface area contributed by atoms with E-state index >= 15 is 0 Å². The molecule has 0 bridgehead atoms. The maximum Gasteiger partial charge on any atom is 0.407 e. The molecule has 726 valence electrons. The van der Waals surface area contributed by atoms with Gasteiger partial charge in [-0.2, -0.15) is 0 Å². The van der Waals surface area contributed by atoms with Gasteiger partial charge in [-0.15, -0.1) is 0 Å². The van der Waals surface area contributed by atoms with Gasteiger partial charge in [0.25, 0.3) is 17.7 Å². The van der Waals surface area contributed by atoms with Crippen molar-refractivity contribution in [1.82, 2.24) is 50.7 Å². The molecule has 7 aliphatic rings. The highest BCUT2D eigenvalue weighted by molar-refractivity contribution is 6.36. The molecule has 27 nitrogen and oxygen atoms in total. The number of hydrogen-bond acceptors (Lipinski definition) is 20. The lowest BCUT2D eigenvalue weighted by Gasteiger charge is -2.35. The van der Waals surface area contributed by atoms with Crippen LogP contribution in [0.5, 0.6) is 0 Å². The molecule has 15 rings (SSSR count). The van der Waals surface area contributed by atoms with E-state index in [2.05, 4.69) is 75.3 Å². The first-order valence-electron chi connectivity index (χ1n) is 46.9. The smallest absolute Gasteiger partial charge is 0.407 e. The molecule has 8 aromatic carbocycles. The van der Waals surface area contributed by atoms with Crippen LogP contribution in [0.3, 0.4) is 0 Å². The Hall–Kier alpha value is -8.89. The van der Waals surface area contributed by atoms with Crippen molar-refractivity contribution in [2.24, 2.45) is 0 Å². The van der Waals surface area contributed by atoms with Crippen molar-refractivity contribution < 1.29 is 80.9 Å². The summed E-state index contributed by atoms with van der Waals surface area (Å²) in [6.07, 6.45) is -0.988. The molecule has 0 fully saturated rings. The number of halogens is 6. The Morgan fingerprint density at radius 2 is 0.640 bits per heavy atom. The molecule has 0 radical (unpaired) electrons. The number of rotatable bonds is 51. The molecule has 3 unspecified atom stereocenters. The predicted octanol–water partition coefficient (Wildman–Crippen LogP) is 14.7. The van der Waals surface area contributed by atoms with Gasteiger partial charge in [0, 0.05) is 193 Å². The van der Waals surface area contributed by atoms with Gasteiger partial charge < -0.3 is 98.0 Å². The summed E-state index contributed by atoms with van der Waals surface area (Å²) < 4.78 is 58.7. The van der Waals surface area contributed by atoms with Crippen LogP contribution in [-0.2, 0) is 101 Å². The summed E-state index contributed by atoms with van der Waals surface area (Å²) in [7, 11) is 6.19. The Morgan fingerprint density at radius 1 is 0.346 bits per heavy atom. The van der Waals surface area contributed by atoms with Crippen molar-refractivity contribution in [2.45, 2.75) is 107 Å². The lowest BCUT2D eigenvalue weighted by Crippen LogP contribution is -2.51. The Morgan fingerprint density at radius 3 is 0.956 bits per heavy atom. The first kappa shape index (κ1) is 102. The van der Waals surface area contributed by atoms with Gasteiger partial charge in [-0.3, -0.25) is 28.8 Å². The third-order valence-electron chi connectivity index (χ3n) is 26.4. The molecule has 8 aromatic rings. The summed E-state index contributed by atoms with van der Waals surface area (Å²) >= 11 is 39.4. The predicted molar refractivity (Wildman–Crippen MR) is 523 cm³/mol. The van der Waals surface area contributed by atoms with Gasteiger partial charge in [-0.1, -0.05) is 155 Å². The molecular weight excluding hydrogens is 1860 g/mol. The van der Waals surface area contributed by atoms with Crippen molar-refractivity contribution in [3.63, 3.8) is 0 Å². The molecule has 4 N–H and O–H groups in total. The van der Waals surface area contributed by atoms with Crippen LogP contribution in [0.4, 0.5) is 4.79 Å². The quantitative estimate of drug-likeness (QED) is 0.0258. The summed E-state index contributed by atoms with van der Waals surface area (Å²) in [5.41, 5.74) is 17.3. The second-order valence-corrected chi connectivity index (χ2v) is 38.4. The number of nitrogens with zero attached hydrogens (tertiary/aromatic N) is 6. The van der Waals surface area contributed by atoms with Crippen LogP contribution in [-0.4, -0.2) is 282 Å². The zero-order valence-electron chi connectivity index (χ0n) is 77.3. The lowest BCUT2D eigenvalue weighted by atomic mass is 9.83. The van der Waals surface area contributed by atoms with Gasteiger partial charge in [0.2, 0.25) is 17.7 Å². The second-order valence-electron chi connectivity index (χ2n) is 35.8. The summed E-state index contributed by atoms with van der Waals surface area (Å²) in [5, 5.41) is 15.6. The average Bonchev–Trinajstić information content (AvgIpc) is 1.73. The highest BCUT2D eigenvalue weighted by Crippen LogP contribution is 2.47. The van der Waals surface area contributed by atoms with Gasteiger partial charge in [0.15, 0.2) is 0 Å². The average molecular weight is 1980 g/mol. The standard InChI is InChI=1S/C103H120Cl6N10O17/c1-114-60-86(83-51-73(104)54-93(107)89(83)63-114)67-12-15-70-57-117(99(123)80(70)48-67)27-33-130-39-45-133-42-36-127-30-24-110-96(120)18-21-103(113-102(126)136-66-92-78-10-6-4-8-76(78)77-9-5-7-11-79(77)92,22-19-97(121)111-25-31-128-37-43-134-46-40-131-34-28-118-58-71-16-13-68(49-81(71)100(118)124)87-61-115(2)64-90-84(87)52-74(105)55-94(90)108)23-20-98(122)112-26-32-129-38-44-135-47-41-132-35-29-119-59-72-17-14-69(50-82(72)101(119)125)88-62-116(3)65-91-85(88)53-75(106)56-95(91)109/h4-17,48-56,86-88,92H,18-47,57-66H2,1-3H3,(H,110,120)(H,111,121)(H,112,122)(H,113,126). The summed E-state index contributed by atoms with van der Waals surface area (Å²) in [5.74, 6) is -1.37. The van der Waals surface area contributed by atoms with Crippen molar-refractivity contribution in [2.75, 3.05) is 206 Å². The van der Waals surface area contributed by atoms with E-state index in [-0.39, 0.29) is 183 Å². The van der Waals surface area contributed by atoms with Crippen molar-refractivity contribution in [3.8, 4) is 11.1 Å². The van der Waals surface area contributed by atoms with Crippen molar-refractivity contribution in [3.05, 3.63) is 264 Å². The minimum absolute atomic E-state index is 0.00904. The first-order chi connectivity index (χ1) is 66.0. The molecule has 6 heterocycles. The number of carbonyl (C=O) groups is 7. The Balaban J connectivity index is 0.489.